The van der Waals surface area contributed by atoms with Gasteiger partial charge in [-0.1, -0.05) is 0 Å². The zero-order valence-electron chi connectivity index (χ0n) is 21.7. The lowest BCUT2D eigenvalue weighted by molar-refractivity contribution is 0.417. The standard InChI is InChI=1S/C28H28FN9O/c1-16-23(39-18-11-21-28(31-12-18)37(2)15-34-21)7-5-19(25(16)29)35-27-26-20(32-14-33-27)6-8-24(36-26)38-10-9-30-22(13-38)17-3-4-17/h5-8,11-12,14-15,17,22,30H,3-4,9-10,13H2,1-2H3,(H,32,33,35)/t22-/m0/s1. The van der Waals surface area contributed by atoms with Crippen molar-refractivity contribution in [1.82, 2.24) is 34.8 Å². The van der Waals surface area contributed by atoms with Crippen molar-refractivity contribution in [2.75, 3.05) is 29.9 Å². The molecule has 198 valence electrons. The molecule has 0 bridgehead atoms. The largest absolute Gasteiger partial charge is 0.455 e. The highest BCUT2D eigenvalue weighted by Crippen LogP contribution is 2.35. The Kier molecular flexibility index (Phi) is 5.73. The highest BCUT2D eigenvalue weighted by molar-refractivity contribution is 5.88. The van der Waals surface area contributed by atoms with Crippen LogP contribution in [0.4, 0.5) is 21.7 Å². The van der Waals surface area contributed by atoms with Gasteiger partial charge in [-0.3, -0.25) is 0 Å². The van der Waals surface area contributed by atoms with Crippen LogP contribution >= 0.6 is 0 Å². The minimum absolute atomic E-state index is 0.279. The number of aromatic nitrogens is 6. The van der Waals surface area contributed by atoms with E-state index in [0.717, 1.165) is 37.0 Å². The average molecular weight is 526 g/mol. The Morgan fingerprint density at radius 1 is 1.08 bits per heavy atom. The lowest BCUT2D eigenvalue weighted by Crippen LogP contribution is -2.52. The molecule has 0 amide bonds. The SMILES string of the molecule is Cc1c(Oc2cnc3c(c2)ncn3C)ccc(Nc2ncnc3ccc(N4CCN[C@H](C5CC5)C4)nc23)c1F. The molecule has 10 nitrogen and oxygen atoms in total. The van der Waals surface area contributed by atoms with E-state index in [4.69, 9.17) is 9.72 Å². The molecule has 0 spiro atoms. The van der Waals surface area contributed by atoms with Gasteiger partial charge in [-0.05, 0) is 49.9 Å². The van der Waals surface area contributed by atoms with Crippen LogP contribution in [0.25, 0.3) is 22.2 Å². The second-order valence-electron chi connectivity index (χ2n) is 10.3. The van der Waals surface area contributed by atoms with E-state index < -0.39 is 5.82 Å². The molecular weight excluding hydrogens is 497 g/mol. The second kappa shape index (κ2) is 9.42. The van der Waals surface area contributed by atoms with Crippen LogP contribution in [0.2, 0.25) is 0 Å². The Balaban J connectivity index is 1.15. The predicted octanol–water partition coefficient (Wildman–Crippen LogP) is 4.48. The molecule has 0 radical (unpaired) electrons. The maximum absolute atomic E-state index is 15.5. The molecule has 2 fully saturated rings. The van der Waals surface area contributed by atoms with Gasteiger partial charge in [0, 0.05) is 44.4 Å². The topological polar surface area (TPSA) is 106 Å². The molecule has 1 saturated heterocycles. The van der Waals surface area contributed by atoms with Crippen molar-refractivity contribution in [3.05, 3.63) is 60.6 Å². The van der Waals surface area contributed by atoms with Gasteiger partial charge in [0.05, 0.1) is 23.7 Å². The van der Waals surface area contributed by atoms with Crippen molar-refractivity contribution >= 4 is 39.5 Å². The van der Waals surface area contributed by atoms with Gasteiger partial charge in [0.25, 0.3) is 0 Å². The van der Waals surface area contributed by atoms with Crippen molar-refractivity contribution in [2.24, 2.45) is 13.0 Å². The highest BCUT2D eigenvalue weighted by atomic mass is 19.1. The number of aryl methyl sites for hydroxylation is 1. The van der Waals surface area contributed by atoms with Gasteiger partial charge >= 0.3 is 0 Å². The number of hydrogen-bond donors (Lipinski definition) is 2. The van der Waals surface area contributed by atoms with Gasteiger partial charge < -0.3 is 24.8 Å². The van der Waals surface area contributed by atoms with Crippen LogP contribution in [0.15, 0.2) is 49.2 Å². The van der Waals surface area contributed by atoms with Crippen LogP contribution in [-0.2, 0) is 7.05 Å². The summed E-state index contributed by atoms with van der Waals surface area (Å²) in [7, 11) is 1.88. The number of hydrogen-bond acceptors (Lipinski definition) is 9. The van der Waals surface area contributed by atoms with E-state index in [1.807, 2.05) is 23.7 Å². The molecule has 0 unspecified atom stereocenters. The summed E-state index contributed by atoms with van der Waals surface area (Å²) < 4.78 is 23.3. The third-order valence-corrected chi connectivity index (χ3v) is 7.53. The van der Waals surface area contributed by atoms with Crippen molar-refractivity contribution in [1.29, 1.82) is 0 Å². The first-order valence-corrected chi connectivity index (χ1v) is 13.1. The van der Waals surface area contributed by atoms with Gasteiger partial charge in [-0.2, -0.15) is 0 Å². The Morgan fingerprint density at radius 2 is 1.97 bits per heavy atom. The van der Waals surface area contributed by atoms with Gasteiger partial charge in [-0.15, -0.1) is 0 Å². The van der Waals surface area contributed by atoms with Crippen molar-refractivity contribution < 1.29 is 9.13 Å². The van der Waals surface area contributed by atoms with Crippen LogP contribution in [0.1, 0.15) is 18.4 Å². The summed E-state index contributed by atoms with van der Waals surface area (Å²) in [6.45, 7) is 4.42. The molecule has 2 N–H and O–H groups in total. The fourth-order valence-corrected chi connectivity index (χ4v) is 5.18. The quantitative estimate of drug-likeness (QED) is 0.332. The normalized spacial score (nSPS) is 17.6. The van der Waals surface area contributed by atoms with Crippen LogP contribution in [0.3, 0.4) is 0 Å². The zero-order valence-corrected chi connectivity index (χ0v) is 21.7. The molecule has 1 saturated carbocycles. The lowest BCUT2D eigenvalue weighted by Gasteiger charge is -2.34. The Labute approximate surface area is 224 Å². The monoisotopic (exact) mass is 525 g/mol. The summed E-state index contributed by atoms with van der Waals surface area (Å²) in [4.78, 5) is 24.7. The third-order valence-electron chi connectivity index (χ3n) is 7.53. The molecule has 7 rings (SSSR count). The van der Waals surface area contributed by atoms with Crippen LogP contribution in [0.5, 0.6) is 11.5 Å². The summed E-state index contributed by atoms with van der Waals surface area (Å²) in [6, 6.07) is 9.60. The molecular formula is C28H28FN9O. The Bertz CT molecular complexity index is 1700. The molecule has 1 aliphatic heterocycles. The van der Waals surface area contributed by atoms with Crippen LogP contribution in [0, 0.1) is 18.7 Å². The molecule has 5 heterocycles. The summed E-state index contributed by atoms with van der Waals surface area (Å²) in [5.41, 5.74) is 3.39. The molecule has 2 aliphatic rings. The van der Waals surface area contributed by atoms with Gasteiger partial charge in [0.2, 0.25) is 0 Å². The fourth-order valence-electron chi connectivity index (χ4n) is 5.18. The third kappa shape index (κ3) is 4.48. The molecule has 4 aromatic heterocycles. The van der Waals surface area contributed by atoms with E-state index in [1.165, 1.54) is 19.2 Å². The first-order chi connectivity index (χ1) is 19.0. The smallest absolute Gasteiger partial charge is 0.160 e. The number of halogens is 1. The number of piperazine rings is 1. The summed E-state index contributed by atoms with van der Waals surface area (Å²) in [5, 5.41) is 6.78. The van der Waals surface area contributed by atoms with E-state index in [1.54, 1.807) is 37.6 Å². The minimum Gasteiger partial charge on any atom is -0.455 e. The van der Waals surface area contributed by atoms with E-state index in [9.17, 15) is 0 Å². The number of pyridine rings is 2. The van der Waals surface area contributed by atoms with E-state index in [2.05, 4.69) is 35.5 Å². The van der Waals surface area contributed by atoms with Crippen LogP contribution < -0.4 is 20.3 Å². The molecule has 1 aromatic carbocycles. The summed E-state index contributed by atoms with van der Waals surface area (Å²) in [5.74, 6) is 2.54. The maximum Gasteiger partial charge on any atom is 0.160 e. The summed E-state index contributed by atoms with van der Waals surface area (Å²) >= 11 is 0. The Hall–Kier alpha value is -4.38. The first kappa shape index (κ1) is 23.7. The Morgan fingerprint density at radius 3 is 2.85 bits per heavy atom. The lowest BCUT2D eigenvalue weighted by atomic mass is 10.1. The number of ether oxygens (including phenoxy) is 1. The zero-order chi connectivity index (χ0) is 26.5. The number of benzene rings is 1. The first-order valence-electron chi connectivity index (χ1n) is 13.1. The number of fused-ring (bicyclic) bond motifs is 2. The van der Waals surface area contributed by atoms with Crippen LogP contribution in [-0.4, -0.2) is 55.2 Å². The number of nitrogens with one attached hydrogen (secondary N) is 2. The van der Waals surface area contributed by atoms with Crippen molar-refractivity contribution in [2.45, 2.75) is 25.8 Å². The fraction of sp³-hybridized carbons (Fsp3) is 0.321. The van der Waals surface area contributed by atoms with Crippen molar-refractivity contribution in [3.63, 3.8) is 0 Å². The predicted molar refractivity (Wildman–Crippen MR) is 147 cm³/mol. The van der Waals surface area contributed by atoms with Gasteiger partial charge in [0.15, 0.2) is 17.3 Å². The molecule has 39 heavy (non-hydrogen) atoms. The molecule has 1 aliphatic carbocycles. The highest BCUT2D eigenvalue weighted by Gasteiger charge is 2.34. The number of imidazole rings is 1. The average Bonchev–Trinajstić information content (AvgIpc) is 3.76. The van der Waals surface area contributed by atoms with E-state index in [0.29, 0.717) is 45.5 Å². The molecule has 1 atom stereocenters. The number of anilines is 3. The minimum atomic E-state index is -0.434. The van der Waals surface area contributed by atoms with Gasteiger partial charge in [0.1, 0.15) is 34.7 Å². The second-order valence-corrected chi connectivity index (χ2v) is 10.3. The summed E-state index contributed by atoms with van der Waals surface area (Å²) in [6.07, 6.45) is 7.35. The number of nitrogens with zero attached hydrogens (tertiary/aromatic N) is 7. The maximum atomic E-state index is 15.5. The van der Waals surface area contributed by atoms with Crippen molar-refractivity contribution in [3.8, 4) is 11.5 Å². The van der Waals surface area contributed by atoms with Gasteiger partial charge in [-0.25, -0.2) is 29.3 Å². The molecule has 5 aromatic rings. The molecule has 11 heteroatoms. The van der Waals surface area contributed by atoms with E-state index in [-0.39, 0.29) is 5.69 Å². The van der Waals surface area contributed by atoms with E-state index >= 15 is 4.39 Å². The number of rotatable bonds is 6.